The molecule has 1 fully saturated rings. The van der Waals surface area contributed by atoms with Crippen LogP contribution in [0.3, 0.4) is 0 Å². The highest BCUT2D eigenvalue weighted by Gasteiger charge is 2.33. The van der Waals surface area contributed by atoms with Crippen molar-refractivity contribution in [2.24, 2.45) is 11.3 Å². The summed E-state index contributed by atoms with van der Waals surface area (Å²) in [5.74, 6) is 0.873. The summed E-state index contributed by atoms with van der Waals surface area (Å²) in [5, 5.41) is 3.76. The van der Waals surface area contributed by atoms with Gasteiger partial charge in [0.2, 0.25) is 0 Å². The minimum atomic E-state index is 0.366. The molecule has 1 saturated heterocycles. The third kappa shape index (κ3) is 4.24. The zero-order valence-electron chi connectivity index (χ0n) is 13.4. The molecule has 0 aromatic carbocycles. The second-order valence-corrected chi connectivity index (χ2v) is 7.03. The van der Waals surface area contributed by atoms with Gasteiger partial charge in [-0.2, -0.15) is 0 Å². The summed E-state index contributed by atoms with van der Waals surface area (Å²) in [7, 11) is 0. The quantitative estimate of drug-likeness (QED) is 0.807. The lowest BCUT2D eigenvalue weighted by Gasteiger charge is -2.46. The van der Waals surface area contributed by atoms with Crippen LogP contribution in [0, 0.1) is 11.3 Å². The van der Waals surface area contributed by atoms with Crippen molar-refractivity contribution in [1.29, 1.82) is 0 Å². The maximum atomic E-state index is 3.76. The van der Waals surface area contributed by atoms with Crippen molar-refractivity contribution in [3.8, 4) is 0 Å². The number of nitrogens with one attached hydrogen (secondary N) is 1. The van der Waals surface area contributed by atoms with Gasteiger partial charge in [0.05, 0.1) is 0 Å². The number of hydrogen-bond donors (Lipinski definition) is 1. The van der Waals surface area contributed by atoms with Crippen molar-refractivity contribution in [3.05, 3.63) is 0 Å². The predicted molar refractivity (Wildman–Crippen MR) is 81.0 cm³/mol. The van der Waals surface area contributed by atoms with Gasteiger partial charge in [0, 0.05) is 31.7 Å². The second kappa shape index (κ2) is 6.91. The van der Waals surface area contributed by atoms with E-state index in [0.717, 1.165) is 12.0 Å². The van der Waals surface area contributed by atoms with E-state index in [0.29, 0.717) is 11.5 Å². The molecule has 0 saturated carbocycles. The molecule has 0 spiro atoms. The Labute approximate surface area is 115 Å². The molecule has 108 valence electrons. The molecule has 2 heteroatoms. The Hall–Kier alpha value is -0.0800. The predicted octanol–water partition coefficient (Wildman–Crippen LogP) is 3.52. The lowest BCUT2D eigenvalue weighted by Crippen LogP contribution is -2.60. The summed E-state index contributed by atoms with van der Waals surface area (Å²) in [5.41, 5.74) is 0.366. The van der Waals surface area contributed by atoms with Crippen LogP contribution in [0.15, 0.2) is 0 Å². The topological polar surface area (TPSA) is 15.3 Å². The van der Waals surface area contributed by atoms with Crippen LogP contribution in [-0.2, 0) is 0 Å². The van der Waals surface area contributed by atoms with E-state index in [9.17, 15) is 0 Å². The molecule has 1 aliphatic heterocycles. The third-order valence-electron chi connectivity index (χ3n) is 4.70. The molecule has 2 unspecified atom stereocenters. The van der Waals surface area contributed by atoms with E-state index in [4.69, 9.17) is 0 Å². The van der Waals surface area contributed by atoms with Gasteiger partial charge >= 0.3 is 0 Å². The van der Waals surface area contributed by atoms with Gasteiger partial charge in [-0.05, 0) is 17.8 Å². The third-order valence-corrected chi connectivity index (χ3v) is 4.70. The average molecular weight is 254 g/mol. The van der Waals surface area contributed by atoms with Gasteiger partial charge in [-0.1, -0.05) is 54.4 Å². The second-order valence-electron chi connectivity index (χ2n) is 7.03. The molecule has 1 heterocycles. The molecule has 0 amide bonds. The number of hydrogen-bond acceptors (Lipinski definition) is 2. The average Bonchev–Trinajstić information content (AvgIpc) is 2.34. The Kier molecular flexibility index (Phi) is 6.13. The first-order valence-electron chi connectivity index (χ1n) is 7.89. The highest BCUT2D eigenvalue weighted by Crippen LogP contribution is 2.25. The summed E-state index contributed by atoms with van der Waals surface area (Å²) in [6, 6.07) is 1.37. The summed E-state index contributed by atoms with van der Waals surface area (Å²) in [6.45, 7) is 17.7. The van der Waals surface area contributed by atoms with Crippen molar-refractivity contribution in [1.82, 2.24) is 10.2 Å². The molecule has 0 aromatic heterocycles. The first kappa shape index (κ1) is 16.0. The fraction of sp³-hybridized carbons (Fsp3) is 1.00. The van der Waals surface area contributed by atoms with Crippen LogP contribution in [0.2, 0.25) is 0 Å². The van der Waals surface area contributed by atoms with Crippen molar-refractivity contribution in [2.75, 3.05) is 19.6 Å². The Morgan fingerprint density at radius 2 is 1.78 bits per heavy atom. The molecule has 0 aliphatic carbocycles. The maximum absolute atomic E-state index is 3.76. The lowest BCUT2D eigenvalue weighted by atomic mass is 9.84. The van der Waals surface area contributed by atoms with Crippen molar-refractivity contribution >= 4 is 0 Å². The van der Waals surface area contributed by atoms with E-state index in [1.807, 2.05) is 0 Å². The van der Waals surface area contributed by atoms with Gasteiger partial charge in [0.25, 0.3) is 0 Å². The Balaban J connectivity index is 2.64. The van der Waals surface area contributed by atoms with E-state index in [-0.39, 0.29) is 0 Å². The molecule has 1 rings (SSSR count). The van der Waals surface area contributed by atoms with E-state index in [1.165, 1.54) is 38.9 Å². The molecular weight excluding hydrogens is 220 g/mol. The molecular formula is C16H34N2. The molecule has 0 radical (unpaired) electrons. The molecule has 1 N–H and O–H groups in total. The van der Waals surface area contributed by atoms with Gasteiger partial charge in [-0.25, -0.2) is 0 Å². The molecule has 18 heavy (non-hydrogen) atoms. The largest absolute Gasteiger partial charge is 0.311 e. The minimum absolute atomic E-state index is 0.366. The lowest BCUT2D eigenvalue weighted by molar-refractivity contribution is 0.0686. The zero-order valence-corrected chi connectivity index (χ0v) is 13.4. The summed E-state index contributed by atoms with van der Waals surface area (Å²) < 4.78 is 0. The van der Waals surface area contributed by atoms with Crippen molar-refractivity contribution in [2.45, 2.75) is 72.9 Å². The highest BCUT2D eigenvalue weighted by atomic mass is 15.2. The van der Waals surface area contributed by atoms with E-state index in [1.54, 1.807) is 0 Å². The van der Waals surface area contributed by atoms with E-state index >= 15 is 0 Å². The first-order valence-corrected chi connectivity index (χ1v) is 7.89. The fourth-order valence-corrected chi connectivity index (χ4v) is 2.94. The van der Waals surface area contributed by atoms with E-state index < -0.39 is 0 Å². The van der Waals surface area contributed by atoms with Gasteiger partial charge in [0.15, 0.2) is 0 Å². The Morgan fingerprint density at radius 1 is 1.17 bits per heavy atom. The van der Waals surface area contributed by atoms with E-state index in [2.05, 4.69) is 51.8 Å². The number of rotatable bonds is 5. The molecule has 1 aliphatic rings. The maximum Gasteiger partial charge on any atom is 0.0244 e. The van der Waals surface area contributed by atoms with Crippen LogP contribution in [0.4, 0.5) is 0 Å². The first-order chi connectivity index (χ1) is 8.42. The van der Waals surface area contributed by atoms with Gasteiger partial charge < -0.3 is 5.32 Å². The Bertz CT molecular complexity index is 228. The zero-order chi connectivity index (χ0) is 13.8. The van der Waals surface area contributed by atoms with Crippen LogP contribution in [0.1, 0.15) is 60.8 Å². The molecule has 2 nitrogen and oxygen atoms in total. The highest BCUT2D eigenvalue weighted by molar-refractivity contribution is 4.91. The molecule has 2 atom stereocenters. The molecule has 0 aromatic rings. The SMILES string of the molecule is CCC(CC)CN1CC(C(C)(C)C)NCC1CC. The van der Waals surface area contributed by atoms with Crippen LogP contribution in [-0.4, -0.2) is 36.6 Å². The monoisotopic (exact) mass is 254 g/mol. The normalized spacial score (nSPS) is 26.8. The van der Waals surface area contributed by atoms with Crippen molar-refractivity contribution in [3.63, 3.8) is 0 Å². The smallest absolute Gasteiger partial charge is 0.0244 e. The summed E-state index contributed by atoms with van der Waals surface area (Å²) >= 11 is 0. The van der Waals surface area contributed by atoms with Gasteiger partial charge in [-0.15, -0.1) is 0 Å². The van der Waals surface area contributed by atoms with Crippen LogP contribution in [0.25, 0.3) is 0 Å². The number of nitrogens with zero attached hydrogens (tertiary/aromatic N) is 1. The summed E-state index contributed by atoms with van der Waals surface area (Å²) in [6.07, 6.45) is 3.90. The van der Waals surface area contributed by atoms with Crippen LogP contribution >= 0.6 is 0 Å². The van der Waals surface area contributed by atoms with Crippen LogP contribution in [0.5, 0.6) is 0 Å². The van der Waals surface area contributed by atoms with Gasteiger partial charge in [0.1, 0.15) is 0 Å². The number of piperazine rings is 1. The minimum Gasteiger partial charge on any atom is -0.311 e. The summed E-state index contributed by atoms with van der Waals surface area (Å²) in [4.78, 5) is 2.75. The van der Waals surface area contributed by atoms with Crippen molar-refractivity contribution < 1.29 is 0 Å². The Morgan fingerprint density at radius 3 is 2.22 bits per heavy atom. The standard InChI is InChI=1S/C16H34N2/c1-7-13(8-2)11-18-12-15(16(4,5)6)17-10-14(18)9-3/h13-15,17H,7-12H2,1-6H3. The van der Waals surface area contributed by atoms with Gasteiger partial charge in [-0.3, -0.25) is 4.90 Å². The molecule has 0 bridgehead atoms. The van der Waals surface area contributed by atoms with Crippen LogP contribution < -0.4 is 5.32 Å². The fourth-order valence-electron chi connectivity index (χ4n) is 2.94.